The largest absolute Gasteiger partial charge is 0.396 e. The standard InChI is InChI=1S/C29H46O2/c1-25(2)23-10-9-19-20(29(23,6)12-11-24(25)31)7-8-21-22-17-26(3,18-30)13-14-27(22,4)15-16-28(19,21)5/h7,9,21-24,30-31H,8,10-18H2,1-6H3/t21-,22+,23-,24-,26+,27+,28+,29+/m0/s1. The van der Waals surface area contributed by atoms with Gasteiger partial charge in [0.25, 0.3) is 0 Å². The van der Waals surface area contributed by atoms with Crippen molar-refractivity contribution in [1.29, 1.82) is 0 Å². The van der Waals surface area contributed by atoms with E-state index < -0.39 is 0 Å². The molecule has 5 rings (SSSR count). The molecule has 0 aromatic heterocycles. The molecule has 3 saturated carbocycles. The highest BCUT2D eigenvalue weighted by Crippen LogP contribution is 2.70. The summed E-state index contributed by atoms with van der Waals surface area (Å²) in [5, 5.41) is 21.0. The number of fused-ring (bicyclic) bond motifs is 7. The van der Waals surface area contributed by atoms with Crippen molar-refractivity contribution in [2.75, 3.05) is 6.61 Å². The first kappa shape index (κ1) is 22.2. The van der Waals surface area contributed by atoms with Crippen molar-refractivity contribution in [2.24, 2.45) is 44.8 Å². The SMILES string of the molecule is CC1(C)[C@@H](O)CC[C@]2(C)C3=CC[C@H]4[C@H]5C[C@](C)(CO)CC[C@]5(C)CC[C@]4(C)C3=CC[C@@H]12. The normalized spacial score (nSPS) is 53.3. The number of allylic oxidation sites excluding steroid dienone is 4. The number of hydrogen-bond donors (Lipinski definition) is 2. The molecule has 0 heterocycles. The minimum atomic E-state index is -0.179. The van der Waals surface area contributed by atoms with Crippen LogP contribution in [0.2, 0.25) is 0 Å². The minimum absolute atomic E-state index is 0.0227. The Morgan fingerprint density at radius 3 is 2.16 bits per heavy atom. The van der Waals surface area contributed by atoms with Crippen LogP contribution in [-0.2, 0) is 0 Å². The van der Waals surface area contributed by atoms with Crippen LogP contribution in [0.4, 0.5) is 0 Å². The average Bonchev–Trinajstić information content (AvgIpc) is 2.72. The summed E-state index contributed by atoms with van der Waals surface area (Å²) >= 11 is 0. The van der Waals surface area contributed by atoms with Crippen molar-refractivity contribution < 1.29 is 10.2 Å². The molecule has 31 heavy (non-hydrogen) atoms. The van der Waals surface area contributed by atoms with Crippen molar-refractivity contribution >= 4 is 0 Å². The topological polar surface area (TPSA) is 40.5 Å². The number of aliphatic hydroxyl groups excluding tert-OH is 2. The Morgan fingerprint density at radius 1 is 0.806 bits per heavy atom. The number of aliphatic hydroxyl groups is 2. The summed E-state index contributed by atoms with van der Waals surface area (Å²) in [6, 6.07) is 0. The molecule has 0 radical (unpaired) electrons. The second-order valence-corrected chi connectivity index (χ2v) is 14.0. The van der Waals surface area contributed by atoms with Gasteiger partial charge in [-0.25, -0.2) is 0 Å². The summed E-state index contributed by atoms with van der Waals surface area (Å²) in [7, 11) is 0. The fraction of sp³-hybridized carbons (Fsp3) is 0.862. The average molecular weight is 427 g/mol. The number of rotatable bonds is 1. The summed E-state index contributed by atoms with van der Waals surface area (Å²) in [6.45, 7) is 14.9. The van der Waals surface area contributed by atoms with Crippen molar-refractivity contribution in [1.82, 2.24) is 0 Å². The lowest BCUT2D eigenvalue weighted by atomic mass is 9.40. The maximum absolute atomic E-state index is 10.8. The van der Waals surface area contributed by atoms with Gasteiger partial charge in [0.2, 0.25) is 0 Å². The molecule has 2 nitrogen and oxygen atoms in total. The third-order valence-corrected chi connectivity index (χ3v) is 11.9. The molecule has 2 heteroatoms. The molecule has 5 aliphatic rings. The Morgan fingerprint density at radius 2 is 1.45 bits per heavy atom. The van der Waals surface area contributed by atoms with E-state index in [1.807, 2.05) is 0 Å². The molecule has 0 bridgehead atoms. The van der Waals surface area contributed by atoms with Gasteiger partial charge in [-0.05, 0) is 114 Å². The Labute approximate surface area is 190 Å². The fourth-order valence-electron chi connectivity index (χ4n) is 9.37. The third kappa shape index (κ3) is 2.89. The van der Waals surface area contributed by atoms with Crippen LogP contribution in [0.25, 0.3) is 0 Å². The predicted molar refractivity (Wildman–Crippen MR) is 127 cm³/mol. The van der Waals surface area contributed by atoms with Gasteiger partial charge in [0, 0.05) is 6.61 Å². The van der Waals surface area contributed by atoms with Crippen molar-refractivity contribution in [2.45, 2.75) is 105 Å². The molecule has 0 unspecified atom stereocenters. The van der Waals surface area contributed by atoms with Gasteiger partial charge < -0.3 is 10.2 Å². The molecule has 3 fully saturated rings. The quantitative estimate of drug-likeness (QED) is 0.491. The predicted octanol–water partition coefficient (Wildman–Crippen LogP) is 6.67. The molecule has 5 aliphatic carbocycles. The van der Waals surface area contributed by atoms with Gasteiger partial charge in [-0.2, -0.15) is 0 Å². The van der Waals surface area contributed by atoms with E-state index in [9.17, 15) is 10.2 Å². The van der Waals surface area contributed by atoms with Gasteiger partial charge in [0.15, 0.2) is 0 Å². The fourth-order valence-corrected chi connectivity index (χ4v) is 9.37. The van der Waals surface area contributed by atoms with Crippen LogP contribution < -0.4 is 0 Å². The lowest BCUT2D eigenvalue weighted by Crippen LogP contribution is -2.56. The Balaban J connectivity index is 1.55. The van der Waals surface area contributed by atoms with Gasteiger partial charge in [-0.3, -0.25) is 0 Å². The van der Waals surface area contributed by atoms with Crippen molar-refractivity contribution in [3.63, 3.8) is 0 Å². The van der Waals surface area contributed by atoms with E-state index in [4.69, 9.17) is 0 Å². The second-order valence-electron chi connectivity index (χ2n) is 14.0. The van der Waals surface area contributed by atoms with E-state index in [2.05, 4.69) is 53.7 Å². The third-order valence-electron chi connectivity index (χ3n) is 11.9. The van der Waals surface area contributed by atoms with E-state index in [0.717, 1.165) is 19.3 Å². The highest BCUT2D eigenvalue weighted by molar-refractivity contribution is 5.48. The summed E-state index contributed by atoms with van der Waals surface area (Å²) in [4.78, 5) is 0. The lowest BCUT2D eigenvalue weighted by molar-refractivity contribution is -0.104. The molecule has 0 spiro atoms. The number of hydrogen-bond acceptors (Lipinski definition) is 2. The summed E-state index contributed by atoms with van der Waals surface area (Å²) in [5.41, 5.74) is 4.32. The van der Waals surface area contributed by atoms with Crippen LogP contribution in [0.5, 0.6) is 0 Å². The van der Waals surface area contributed by atoms with Crippen molar-refractivity contribution in [3.8, 4) is 0 Å². The molecule has 8 atom stereocenters. The maximum atomic E-state index is 10.8. The highest BCUT2D eigenvalue weighted by Gasteiger charge is 2.61. The van der Waals surface area contributed by atoms with Crippen LogP contribution in [0.1, 0.15) is 99.3 Å². The van der Waals surface area contributed by atoms with Gasteiger partial charge in [0.05, 0.1) is 6.10 Å². The molecule has 0 saturated heterocycles. The van der Waals surface area contributed by atoms with Crippen molar-refractivity contribution in [3.05, 3.63) is 23.3 Å². The van der Waals surface area contributed by atoms with Gasteiger partial charge in [-0.15, -0.1) is 0 Å². The smallest absolute Gasteiger partial charge is 0.0594 e. The molecule has 0 aromatic rings. The molecule has 0 aliphatic heterocycles. The van der Waals surface area contributed by atoms with E-state index >= 15 is 0 Å². The summed E-state index contributed by atoms with van der Waals surface area (Å²) in [6.07, 6.45) is 15.8. The molecule has 174 valence electrons. The Kier molecular flexibility index (Phi) is 4.81. The summed E-state index contributed by atoms with van der Waals surface area (Å²) < 4.78 is 0. The minimum Gasteiger partial charge on any atom is -0.396 e. The Hall–Kier alpha value is -0.600. The molecule has 2 N–H and O–H groups in total. The van der Waals surface area contributed by atoms with Crippen LogP contribution in [0, 0.1) is 44.8 Å². The maximum Gasteiger partial charge on any atom is 0.0594 e. The van der Waals surface area contributed by atoms with E-state index in [1.165, 1.54) is 38.5 Å². The Bertz CT molecular complexity index is 823. The lowest BCUT2D eigenvalue weighted by Gasteiger charge is -2.64. The molecular formula is C29H46O2. The second kappa shape index (κ2) is 6.72. The molecular weight excluding hydrogens is 380 g/mol. The first-order valence-corrected chi connectivity index (χ1v) is 13.1. The van der Waals surface area contributed by atoms with E-state index in [1.54, 1.807) is 11.1 Å². The van der Waals surface area contributed by atoms with Crippen LogP contribution in [0.15, 0.2) is 23.3 Å². The molecule has 0 amide bonds. The van der Waals surface area contributed by atoms with E-state index in [0.29, 0.717) is 29.8 Å². The molecule has 0 aromatic carbocycles. The van der Waals surface area contributed by atoms with Crippen LogP contribution in [-0.4, -0.2) is 22.9 Å². The zero-order chi connectivity index (χ0) is 22.4. The zero-order valence-electron chi connectivity index (χ0n) is 20.9. The summed E-state index contributed by atoms with van der Waals surface area (Å²) in [5.74, 6) is 1.95. The van der Waals surface area contributed by atoms with Gasteiger partial charge in [0.1, 0.15) is 0 Å². The monoisotopic (exact) mass is 426 g/mol. The zero-order valence-corrected chi connectivity index (χ0v) is 20.9. The van der Waals surface area contributed by atoms with Crippen LogP contribution >= 0.6 is 0 Å². The van der Waals surface area contributed by atoms with Crippen LogP contribution in [0.3, 0.4) is 0 Å². The first-order chi connectivity index (χ1) is 14.4. The highest BCUT2D eigenvalue weighted by atomic mass is 16.3. The van der Waals surface area contributed by atoms with E-state index in [-0.39, 0.29) is 27.8 Å². The first-order valence-electron chi connectivity index (χ1n) is 13.1. The van der Waals surface area contributed by atoms with Gasteiger partial charge >= 0.3 is 0 Å². The van der Waals surface area contributed by atoms with Gasteiger partial charge in [-0.1, -0.05) is 53.7 Å².